The molecule has 1 heterocycles. The first-order valence-electron chi connectivity index (χ1n) is 8.17. The van der Waals surface area contributed by atoms with Crippen LogP contribution >= 0.6 is 0 Å². The molecular weight excluding hydrogens is 307 g/mol. The number of hydrogen-bond acceptors (Lipinski definition) is 3. The van der Waals surface area contributed by atoms with E-state index in [1.165, 1.54) is 11.0 Å². The van der Waals surface area contributed by atoms with E-state index in [2.05, 4.69) is 0 Å². The molecule has 0 saturated carbocycles. The second-order valence-electron chi connectivity index (χ2n) is 6.95. The Morgan fingerprint density at radius 1 is 1.33 bits per heavy atom. The van der Waals surface area contributed by atoms with Gasteiger partial charge in [0.05, 0.1) is 17.7 Å². The van der Waals surface area contributed by atoms with Crippen LogP contribution in [-0.4, -0.2) is 29.2 Å². The number of halogens is 1. The van der Waals surface area contributed by atoms with Gasteiger partial charge in [0, 0.05) is 6.54 Å². The molecule has 1 aliphatic heterocycles. The first-order valence-corrected chi connectivity index (χ1v) is 8.17. The maximum atomic E-state index is 14.7. The van der Waals surface area contributed by atoms with Gasteiger partial charge in [-0.1, -0.05) is 12.1 Å². The van der Waals surface area contributed by atoms with Gasteiger partial charge in [0.2, 0.25) is 0 Å². The van der Waals surface area contributed by atoms with Crippen molar-refractivity contribution in [1.29, 1.82) is 5.26 Å². The van der Waals surface area contributed by atoms with E-state index < -0.39 is 17.7 Å². The lowest BCUT2D eigenvalue weighted by Gasteiger charge is -2.36. The van der Waals surface area contributed by atoms with Crippen LogP contribution in [0.15, 0.2) is 30.1 Å². The van der Waals surface area contributed by atoms with Crippen LogP contribution < -0.4 is 0 Å². The number of benzene rings is 1. The smallest absolute Gasteiger partial charge is 0.410 e. The normalized spacial score (nSPS) is 18.9. The van der Waals surface area contributed by atoms with Crippen molar-refractivity contribution in [3.63, 3.8) is 0 Å². The summed E-state index contributed by atoms with van der Waals surface area (Å²) in [6, 6.07) is 8.11. The molecule has 1 atom stereocenters. The summed E-state index contributed by atoms with van der Waals surface area (Å²) in [7, 11) is 0. The van der Waals surface area contributed by atoms with Gasteiger partial charge in [-0.05, 0) is 63.8 Å². The monoisotopic (exact) mass is 330 g/mol. The van der Waals surface area contributed by atoms with Gasteiger partial charge in [0.15, 0.2) is 0 Å². The number of amides is 1. The van der Waals surface area contributed by atoms with E-state index in [-0.39, 0.29) is 5.83 Å². The first-order chi connectivity index (χ1) is 11.3. The SMILES string of the molecule is CC(C)(C)OC(=O)N1CCCCC1/C(F)=C/c1ccc(C#N)cc1. The van der Waals surface area contributed by atoms with E-state index >= 15 is 0 Å². The lowest BCUT2D eigenvalue weighted by atomic mass is 10.00. The van der Waals surface area contributed by atoms with Crippen LogP contribution in [0.25, 0.3) is 6.08 Å². The number of likely N-dealkylation sites (tertiary alicyclic amines) is 1. The zero-order valence-electron chi connectivity index (χ0n) is 14.4. The molecule has 5 heteroatoms. The molecule has 1 saturated heterocycles. The Hall–Kier alpha value is -2.35. The van der Waals surface area contributed by atoms with Crippen molar-refractivity contribution in [3.8, 4) is 6.07 Å². The minimum Gasteiger partial charge on any atom is -0.444 e. The van der Waals surface area contributed by atoms with Crippen LogP contribution in [0.2, 0.25) is 0 Å². The molecule has 1 aliphatic rings. The van der Waals surface area contributed by atoms with Crippen LogP contribution in [0, 0.1) is 11.3 Å². The summed E-state index contributed by atoms with van der Waals surface area (Å²) < 4.78 is 20.1. The zero-order chi connectivity index (χ0) is 17.7. The number of carbonyl (C=O) groups excluding carboxylic acids is 1. The summed E-state index contributed by atoms with van der Waals surface area (Å²) in [5.41, 5.74) is 0.591. The van der Waals surface area contributed by atoms with Gasteiger partial charge in [-0.15, -0.1) is 0 Å². The molecule has 1 unspecified atom stereocenters. The third kappa shape index (κ3) is 4.82. The molecule has 128 valence electrons. The van der Waals surface area contributed by atoms with E-state index in [0.717, 1.165) is 12.8 Å². The lowest BCUT2D eigenvalue weighted by Crippen LogP contribution is -2.46. The zero-order valence-corrected chi connectivity index (χ0v) is 14.4. The number of carbonyl (C=O) groups is 1. The van der Waals surface area contributed by atoms with E-state index in [1.54, 1.807) is 45.0 Å². The molecule has 0 aromatic heterocycles. The van der Waals surface area contributed by atoms with Crippen molar-refractivity contribution in [3.05, 3.63) is 41.2 Å². The fourth-order valence-corrected chi connectivity index (χ4v) is 2.67. The summed E-state index contributed by atoms with van der Waals surface area (Å²) in [5.74, 6) is -0.356. The Morgan fingerprint density at radius 3 is 2.58 bits per heavy atom. The average molecular weight is 330 g/mol. The van der Waals surface area contributed by atoms with Gasteiger partial charge < -0.3 is 4.74 Å². The molecule has 0 spiro atoms. The second-order valence-corrected chi connectivity index (χ2v) is 6.95. The fourth-order valence-electron chi connectivity index (χ4n) is 2.67. The molecule has 0 bridgehead atoms. The highest BCUT2D eigenvalue weighted by Crippen LogP contribution is 2.27. The summed E-state index contributed by atoms with van der Waals surface area (Å²) in [6.07, 6.45) is 3.25. The molecule has 0 aliphatic carbocycles. The first kappa shape index (κ1) is 18.0. The van der Waals surface area contributed by atoms with E-state index in [1.807, 2.05) is 6.07 Å². The van der Waals surface area contributed by atoms with Gasteiger partial charge >= 0.3 is 6.09 Å². The molecule has 4 nitrogen and oxygen atoms in total. The summed E-state index contributed by atoms with van der Waals surface area (Å²) in [6.45, 7) is 5.89. The van der Waals surface area contributed by atoms with Crippen LogP contribution in [0.5, 0.6) is 0 Å². The van der Waals surface area contributed by atoms with Crippen molar-refractivity contribution < 1.29 is 13.9 Å². The summed E-state index contributed by atoms with van der Waals surface area (Å²) in [5, 5.41) is 8.81. The molecule has 0 radical (unpaired) electrons. The number of piperidine rings is 1. The summed E-state index contributed by atoms with van der Waals surface area (Å²) in [4.78, 5) is 13.8. The Morgan fingerprint density at radius 2 is 2.00 bits per heavy atom. The van der Waals surface area contributed by atoms with E-state index in [0.29, 0.717) is 24.1 Å². The van der Waals surface area contributed by atoms with Gasteiger partial charge in [0.1, 0.15) is 11.4 Å². The number of nitrogens with zero attached hydrogens (tertiary/aromatic N) is 2. The number of nitriles is 1. The predicted octanol–water partition coefficient (Wildman–Crippen LogP) is 4.66. The minimum absolute atomic E-state index is 0.356. The standard InChI is InChI=1S/C19H23FN2O2/c1-19(2,3)24-18(23)22-11-5-4-6-17(22)16(20)12-14-7-9-15(13-21)10-8-14/h7-10,12,17H,4-6,11H2,1-3H3/b16-12-. The molecule has 1 amide bonds. The minimum atomic E-state index is -0.605. The lowest BCUT2D eigenvalue weighted by molar-refractivity contribution is 0.0118. The second kappa shape index (κ2) is 7.48. The molecule has 24 heavy (non-hydrogen) atoms. The Bertz CT molecular complexity index is 653. The molecule has 1 aromatic rings. The molecule has 1 aromatic carbocycles. The highest BCUT2D eigenvalue weighted by atomic mass is 19.1. The van der Waals surface area contributed by atoms with Gasteiger partial charge in [-0.3, -0.25) is 4.90 Å². The third-order valence-electron chi connectivity index (χ3n) is 3.79. The van der Waals surface area contributed by atoms with Crippen LogP contribution in [0.3, 0.4) is 0 Å². The predicted molar refractivity (Wildman–Crippen MR) is 90.8 cm³/mol. The summed E-state index contributed by atoms with van der Waals surface area (Å²) >= 11 is 0. The topological polar surface area (TPSA) is 53.3 Å². The van der Waals surface area contributed by atoms with Gasteiger partial charge in [-0.2, -0.15) is 5.26 Å². The molecule has 2 rings (SSSR count). The van der Waals surface area contributed by atoms with Crippen molar-refractivity contribution in [2.75, 3.05) is 6.54 Å². The van der Waals surface area contributed by atoms with Crippen molar-refractivity contribution in [2.45, 2.75) is 51.7 Å². The molecule has 1 fully saturated rings. The van der Waals surface area contributed by atoms with Gasteiger partial charge in [-0.25, -0.2) is 9.18 Å². The highest BCUT2D eigenvalue weighted by Gasteiger charge is 2.32. The fraction of sp³-hybridized carbons (Fsp3) is 0.474. The van der Waals surface area contributed by atoms with Crippen LogP contribution in [-0.2, 0) is 4.74 Å². The number of hydrogen-bond donors (Lipinski definition) is 0. The molecule has 0 N–H and O–H groups in total. The maximum Gasteiger partial charge on any atom is 0.410 e. The number of rotatable bonds is 2. The van der Waals surface area contributed by atoms with Crippen LogP contribution in [0.4, 0.5) is 9.18 Å². The van der Waals surface area contributed by atoms with Crippen molar-refractivity contribution in [2.24, 2.45) is 0 Å². The maximum absolute atomic E-state index is 14.7. The van der Waals surface area contributed by atoms with Gasteiger partial charge in [0.25, 0.3) is 0 Å². The Balaban J connectivity index is 2.17. The Kier molecular flexibility index (Phi) is 5.61. The Labute approximate surface area is 142 Å². The number of ether oxygens (including phenoxy) is 1. The largest absolute Gasteiger partial charge is 0.444 e. The van der Waals surface area contributed by atoms with Crippen molar-refractivity contribution in [1.82, 2.24) is 4.90 Å². The molecular formula is C19H23FN2O2. The van der Waals surface area contributed by atoms with E-state index in [4.69, 9.17) is 10.00 Å². The highest BCUT2D eigenvalue weighted by molar-refractivity contribution is 5.69. The van der Waals surface area contributed by atoms with Crippen molar-refractivity contribution >= 4 is 12.2 Å². The van der Waals surface area contributed by atoms with E-state index in [9.17, 15) is 9.18 Å². The average Bonchev–Trinajstić information content (AvgIpc) is 2.54. The van der Waals surface area contributed by atoms with Crippen LogP contribution in [0.1, 0.15) is 51.2 Å². The quantitative estimate of drug-likeness (QED) is 0.792. The third-order valence-corrected chi connectivity index (χ3v) is 3.79.